The summed E-state index contributed by atoms with van der Waals surface area (Å²) in [6.07, 6.45) is 0. The lowest BCUT2D eigenvalue weighted by atomic mass is 10.00. The standard InChI is InChI=1S/C51H30N4OS/c1-3-14-31(15-4-1)49-52-50(32-16-5-2-6-17-32)54-51(53-49)41-25-13-24-40-39-23-12-22-38(47(39)57-48(40)41)36-20-11-21-37-42-30-33(28-29-45(42)56-46(36)37)55-43-26-9-7-18-34(43)35-19-8-10-27-44(35)55/h1-30H. The third-order valence-corrected chi connectivity index (χ3v) is 12.4. The van der Waals surface area contributed by atoms with Gasteiger partial charge in [0.05, 0.1) is 11.0 Å². The molecule has 0 N–H and O–H groups in total. The number of thiophene rings is 1. The van der Waals surface area contributed by atoms with E-state index in [1.54, 1.807) is 11.3 Å². The number of rotatable bonds is 5. The minimum absolute atomic E-state index is 0.649. The second-order valence-corrected chi connectivity index (χ2v) is 15.4. The van der Waals surface area contributed by atoms with E-state index in [4.69, 9.17) is 19.4 Å². The number of hydrogen-bond donors (Lipinski definition) is 0. The van der Waals surface area contributed by atoms with Crippen LogP contribution >= 0.6 is 11.3 Å². The first kappa shape index (κ1) is 31.9. The van der Waals surface area contributed by atoms with Crippen LogP contribution in [-0.4, -0.2) is 19.5 Å². The van der Waals surface area contributed by atoms with Crippen molar-refractivity contribution >= 4 is 75.3 Å². The van der Waals surface area contributed by atoms with Crippen molar-refractivity contribution < 1.29 is 4.42 Å². The third kappa shape index (κ3) is 4.98. The number of para-hydroxylation sites is 3. The maximum atomic E-state index is 6.78. The summed E-state index contributed by atoms with van der Waals surface area (Å²) in [5.74, 6) is 1.95. The molecule has 0 aliphatic carbocycles. The molecule has 5 nitrogen and oxygen atoms in total. The van der Waals surface area contributed by atoms with Crippen LogP contribution in [0.4, 0.5) is 0 Å². The molecule has 0 bridgehead atoms. The number of benzene rings is 8. The summed E-state index contributed by atoms with van der Waals surface area (Å²) in [5.41, 5.74) is 10.3. The highest BCUT2D eigenvalue weighted by Gasteiger charge is 2.21. The number of hydrogen-bond acceptors (Lipinski definition) is 5. The van der Waals surface area contributed by atoms with Crippen LogP contribution in [0, 0.1) is 0 Å². The number of furan rings is 1. The number of nitrogens with zero attached hydrogens (tertiary/aromatic N) is 4. The van der Waals surface area contributed by atoms with Crippen molar-refractivity contribution in [1.82, 2.24) is 19.5 Å². The molecule has 6 heteroatoms. The molecule has 0 spiro atoms. The Morgan fingerprint density at radius 2 is 0.895 bits per heavy atom. The summed E-state index contributed by atoms with van der Waals surface area (Å²) in [7, 11) is 0. The number of fused-ring (bicyclic) bond motifs is 9. The predicted octanol–water partition coefficient (Wildman–Crippen LogP) is 13.9. The van der Waals surface area contributed by atoms with Gasteiger partial charge in [-0.2, -0.15) is 0 Å². The molecule has 266 valence electrons. The monoisotopic (exact) mass is 746 g/mol. The van der Waals surface area contributed by atoms with E-state index in [2.05, 4.69) is 126 Å². The van der Waals surface area contributed by atoms with Gasteiger partial charge in [0.25, 0.3) is 0 Å². The second-order valence-electron chi connectivity index (χ2n) is 14.3. The van der Waals surface area contributed by atoms with Gasteiger partial charge in [0, 0.05) is 75.2 Å². The lowest BCUT2D eigenvalue weighted by Gasteiger charge is -2.09. The first-order chi connectivity index (χ1) is 28.3. The molecule has 0 unspecified atom stereocenters. The summed E-state index contributed by atoms with van der Waals surface area (Å²) >= 11 is 1.78. The zero-order valence-electron chi connectivity index (χ0n) is 30.4. The Hall–Kier alpha value is -7.41. The van der Waals surface area contributed by atoms with E-state index in [0.29, 0.717) is 17.5 Å². The average molecular weight is 747 g/mol. The van der Waals surface area contributed by atoms with Gasteiger partial charge in [-0.25, -0.2) is 15.0 Å². The molecule has 0 aliphatic heterocycles. The van der Waals surface area contributed by atoms with Crippen LogP contribution in [0.5, 0.6) is 0 Å². The summed E-state index contributed by atoms with van der Waals surface area (Å²) in [6, 6.07) is 63.6. The van der Waals surface area contributed by atoms with Crippen LogP contribution in [0.3, 0.4) is 0 Å². The van der Waals surface area contributed by atoms with Crippen LogP contribution in [0.1, 0.15) is 0 Å². The fourth-order valence-corrected chi connectivity index (χ4v) is 9.81. The van der Waals surface area contributed by atoms with Gasteiger partial charge in [-0.15, -0.1) is 11.3 Å². The Morgan fingerprint density at radius 1 is 0.386 bits per heavy atom. The van der Waals surface area contributed by atoms with Gasteiger partial charge in [0.2, 0.25) is 0 Å². The van der Waals surface area contributed by atoms with E-state index in [1.807, 2.05) is 60.7 Å². The van der Waals surface area contributed by atoms with E-state index in [1.165, 1.54) is 37.3 Å². The highest BCUT2D eigenvalue weighted by molar-refractivity contribution is 7.26. The predicted molar refractivity (Wildman–Crippen MR) is 236 cm³/mol. The highest BCUT2D eigenvalue weighted by atomic mass is 32.1. The van der Waals surface area contributed by atoms with E-state index in [9.17, 15) is 0 Å². The number of aromatic nitrogens is 4. The van der Waals surface area contributed by atoms with Gasteiger partial charge in [0.15, 0.2) is 17.5 Å². The fraction of sp³-hybridized carbons (Fsp3) is 0. The van der Waals surface area contributed by atoms with Crippen molar-refractivity contribution in [3.05, 3.63) is 182 Å². The molecule has 0 saturated carbocycles. The minimum atomic E-state index is 0.649. The SMILES string of the molecule is c1ccc(-c2nc(-c3ccccc3)nc(-c3cccc4c3sc3c(-c5cccc6c5oc5ccc(-n7c8ccccc8c8ccccc87)cc56)cccc34)n2)cc1. The molecule has 0 aliphatic rings. The Kier molecular flexibility index (Phi) is 7.03. The molecule has 8 aromatic carbocycles. The molecule has 4 heterocycles. The molecule has 0 fully saturated rings. The van der Waals surface area contributed by atoms with Crippen LogP contribution < -0.4 is 0 Å². The first-order valence-corrected chi connectivity index (χ1v) is 19.8. The summed E-state index contributed by atoms with van der Waals surface area (Å²) in [5, 5.41) is 7.04. The third-order valence-electron chi connectivity index (χ3n) is 11.1. The van der Waals surface area contributed by atoms with Gasteiger partial charge in [0.1, 0.15) is 11.2 Å². The quantitative estimate of drug-likeness (QED) is 0.176. The smallest absolute Gasteiger partial charge is 0.165 e. The highest BCUT2D eigenvalue weighted by Crippen LogP contribution is 2.46. The average Bonchev–Trinajstić information content (AvgIpc) is 3.96. The van der Waals surface area contributed by atoms with Crippen LogP contribution in [-0.2, 0) is 0 Å². The fourth-order valence-electron chi connectivity index (χ4n) is 8.48. The maximum Gasteiger partial charge on any atom is 0.165 e. The van der Waals surface area contributed by atoms with Gasteiger partial charge >= 0.3 is 0 Å². The Balaban J connectivity index is 1.04. The summed E-state index contributed by atoms with van der Waals surface area (Å²) in [6.45, 7) is 0. The molecule has 12 rings (SSSR count). The van der Waals surface area contributed by atoms with Gasteiger partial charge in [-0.3, -0.25) is 0 Å². The molecule has 12 aromatic rings. The molecular weight excluding hydrogens is 717 g/mol. The normalized spacial score (nSPS) is 11.9. The van der Waals surface area contributed by atoms with Gasteiger partial charge in [-0.1, -0.05) is 146 Å². The van der Waals surface area contributed by atoms with Crippen molar-refractivity contribution in [2.24, 2.45) is 0 Å². The van der Waals surface area contributed by atoms with Crippen molar-refractivity contribution in [1.29, 1.82) is 0 Å². The zero-order valence-corrected chi connectivity index (χ0v) is 31.2. The molecule has 57 heavy (non-hydrogen) atoms. The summed E-state index contributed by atoms with van der Waals surface area (Å²) in [4.78, 5) is 15.1. The minimum Gasteiger partial charge on any atom is -0.455 e. The van der Waals surface area contributed by atoms with Crippen LogP contribution in [0.2, 0.25) is 0 Å². The second kappa shape index (κ2) is 12.6. The van der Waals surface area contributed by atoms with Gasteiger partial charge in [-0.05, 0) is 36.4 Å². The first-order valence-electron chi connectivity index (χ1n) is 19.0. The molecule has 4 aromatic heterocycles. The molecule has 0 amide bonds. The lowest BCUT2D eigenvalue weighted by molar-refractivity contribution is 0.670. The maximum absolute atomic E-state index is 6.78. The lowest BCUT2D eigenvalue weighted by Crippen LogP contribution is -2.00. The topological polar surface area (TPSA) is 56.7 Å². The van der Waals surface area contributed by atoms with Crippen molar-refractivity contribution in [2.45, 2.75) is 0 Å². The Labute approximate surface area is 330 Å². The van der Waals surface area contributed by atoms with E-state index >= 15 is 0 Å². The van der Waals surface area contributed by atoms with E-state index in [-0.39, 0.29) is 0 Å². The Bertz CT molecular complexity index is 3420. The summed E-state index contributed by atoms with van der Waals surface area (Å²) < 4.78 is 11.5. The van der Waals surface area contributed by atoms with Gasteiger partial charge < -0.3 is 8.98 Å². The zero-order chi connectivity index (χ0) is 37.5. The molecule has 0 saturated heterocycles. The van der Waals surface area contributed by atoms with E-state index < -0.39 is 0 Å². The van der Waals surface area contributed by atoms with Crippen LogP contribution in [0.25, 0.3) is 115 Å². The Morgan fingerprint density at radius 3 is 1.54 bits per heavy atom. The molecule has 0 atom stereocenters. The molecule has 0 radical (unpaired) electrons. The largest absolute Gasteiger partial charge is 0.455 e. The van der Waals surface area contributed by atoms with Crippen LogP contribution in [0.15, 0.2) is 186 Å². The van der Waals surface area contributed by atoms with Crippen molar-refractivity contribution in [3.63, 3.8) is 0 Å². The van der Waals surface area contributed by atoms with E-state index in [0.717, 1.165) is 60.1 Å². The van der Waals surface area contributed by atoms with Crippen molar-refractivity contribution in [2.75, 3.05) is 0 Å². The molecular formula is C51H30N4OS. The van der Waals surface area contributed by atoms with Crippen molar-refractivity contribution in [3.8, 4) is 51.0 Å².